The summed E-state index contributed by atoms with van der Waals surface area (Å²) in [6.07, 6.45) is 25.0. The van der Waals surface area contributed by atoms with Gasteiger partial charge in [-0.05, 0) is 87.3 Å². The Morgan fingerprint density at radius 1 is 0.974 bits per heavy atom. The maximum Gasteiger partial charge on any atom is 0.0466 e. The molecule has 1 heterocycles. The lowest BCUT2D eigenvalue weighted by molar-refractivity contribution is 0.130. The second kappa shape index (κ2) is 17.1. The molecule has 0 aliphatic heterocycles. The molecule has 2 atom stereocenters. The zero-order valence-corrected chi connectivity index (χ0v) is 25.1. The Morgan fingerprint density at radius 3 is 2.45 bits per heavy atom. The molecule has 1 fully saturated rings. The molecule has 0 radical (unpaired) electrons. The second-order valence-electron chi connectivity index (χ2n) is 12.5. The molecule has 1 aromatic rings. The Labute approximate surface area is 234 Å². The van der Waals surface area contributed by atoms with E-state index in [-0.39, 0.29) is 0 Å². The van der Waals surface area contributed by atoms with Gasteiger partial charge in [0.2, 0.25) is 0 Å². The average molecular weight is 521 g/mol. The number of hydrogen-bond donors (Lipinski definition) is 1. The van der Waals surface area contributed by atoms with Crippen LogP contribution in [0.4, 0.5) is 0 Å². The predicted octanol–water partition coefficient (Wildman–Crippen LogP) is 10.0. The lowest BCUT2D eigenvalue weighted by Gasteiger charge is -2.35. The number of unbranched alkanes of at least 4 members (excludes halogenated alkanes) is 4. The summed E-state index contributed by atoms with van der Waals surface area (Å²) in [4.78, 5) is 5.09. The van der Waals surface area contributed by atoms with Crippen molar-refractivity contribution < 1.29 is 4.74 Å². The molecule has 1 N–H and O–H groups in total. The third-order valence-corrected chi connectivity index (χ3v) is 8.68. The van der Waals surface area contributed by atoms with Crippen LogP contribution in [-0.2, 0) is 11.2 Å². The van der Waals surface area contributed by atoms with Gasteiger partial charge in [-0.25, -0.2) is 0 Å². The second-order valence-corrected chi connectivity index (χ2v) is 12.5. The van der Waals surface area contributed by atoms with Gasteiger partial charge in [0.25, 0.3) is 0 Å². The topological polar surface area (TPSA) is 46.0 Å². The normalized spacial score (nSPS) is 19.3. The number of allylic oxidation sites excluding steroid dienone is 4. The molecule has 1 aromatic heterocycles. The Bertz CT molecular complexity index is 876. The van der Waals surface area contributed by atoms with Gasteiger partial charge < -0.3 is 10.1 Å². The fraction of sp³-hybridized carbons (Fsp3) is 0.714. The minimum absolute atomic E-state index is 0.382. The molecule has 2 unspecified atom stereocenters. The molecule has 3 nitrogen and oxygen atoms in total. The zero-order chi connectivity index (χ0) is 27.2. The van der Waals surface area contributed by atoms with Crippen molar-refractivity contribution >= 4 is 5.71 Å². The maximum atomic E-state index is 9.22. The third-order valence-electron chi connectivity index (χ3n) is 8.68. The van der Waals surface area contributed by atoms with Gasteiger partial charge in [0.15, 0.2) is 0 Å². The maximum absolute atomic E-state index is 9.22. The van der Waals surface area contributed by atoms with Crippen molar-refractivity contribution in [2.75, 3.05) is 13.2 Å². The molecule has 0 aromatic carbocycles. The fourth-order valence-corrected chi connectivity index (χ4v) is 6.34. The van der Waals surface area contributed by atoms with Crippen molar-refractivity contribution in [2.45, 2.75) is 130 Å². The summed E-state index contributed by atoms with van der Waals surface area (Å²) in [7, 11) is 0. The van der Waals surface area contributed by atoms with Crippen LogP contribution in [0.5, 0.6) is 0 Å². The van der Waals surface area contributed by atoms with Crippen LogP contribution in [-0.4, -0.2) is 23.9 Å². The van der Waals surface area contributed by atoms with Crippen LogP contribution in [0.1, 0.15) is 135 Å². The highest BCUT2D eigenvalue weighted by molar-refractivity contribution is 6.00. The van der Waals surface area contributed by atoms with Crippen molar-refractivity contribution in [1.82, 2.24) is 4.98 Å². The molecular weight excluding hydrogens is 464 g/mol. The molecule has 0 bridgehead atoms. The molecule has 38 heavy (non-hydrogen) atoms. The van der Waals surface area contributed by atoms with E-state index in [1.54, 1.807) is 0 Å². The van der Waals surface area contributed by atoms with E-state index in [9.17, 15) is 5.41 Å². The smallest absolute Gasteiger partial charge is 0.0466 e. The third kappa shape index (κ3) is 10.1. The first-order valence-electron chi connectivity index (χ1n) is 16.0. The number of pyridine rings is 1. The highest BCUT2D eigenvalue weighted by atomic mass is 16.5. The molecule has 1 saturated carbocycles. The van der Waals surface area contributed by atoms with Gasteiger partial charge in [-0.3, -0.25) is 4.98 Å². The number of aromatic nitrogens is 1. The van der Waals surface area contributed by atoms with Crippen molar-refractivity contribution in [3.8, 4) is 0 Å². The Kier molecular flexibility index (Phi) is 13.8. The number of nitrogens with one attached hydrogen (secondary N) is 1. The van der Waals surface area contributed by atoms with Crippen LogP contribution >= 0.6 is 0 Å². The van der Waals surface area contributed by atoms with Gasteiger partial charge in [-0.1, -0.05) is 89.5 Å². The molecule has 0 saturated heterocycles. The fourth-order valence-electron chi connectivity index (χ4n) is 6.34. The SMILES string of the molecule is CCCOCCCCCCCc1ccc(C(CCC(C)C)C2CC(C)=CC=C2C(=N)C2CCCCC2)nc1. The zero-order valence-electron chi connectivity index (χ0n) is 25.1. The van der Waals surface area contributed by atoms with E-state index in [0.29, 0.717) is 23.7 Å². The predicted molar refractivity (Wildman–Crippen MR) is 163 cm³/mol. The molecule has 2 aliphatic rings. The standard InChI is InChI=1S/C35H56N2O/c1-5-23-38-24-13-8-6-7-10-14-29-19-22-34(37-26-29)31(20-17-27(2)3)33-25-28(4)18-21-32(33)35(36)30-15-11-9-12-16-30/h18-19,21-22,26-27,30-31,33,36H,5-17,20,23-25H2,1-4H3. The van der Waals surface area contributed by atoms with Crippen LogP contribution in [0.25, 0.3) is 0 Å². The Balaban J connectivity index is 1.62. The van der Waals surface area contributed by atoms with Crippen LogP contribution in [0.15, 0.2) is 41.6 Å². The largest absolute Gasteiger partial charge is 0.381 e. The van der Waals surface area contributed by atoms with E-state index in [1.165, 1.54) is 93.0 Å². The van der Waals surface area contributed by atoms with Crippen molar-refractivity contribution in [2.24, 2.45) is 17.8 Å². The Hall–Kier alpha value is -1.74. The summed E-state index contributed by atoms with van der Waals surface area (Å²) in [5.41, 5.74) is 6.29. The number of ether oxygens (including phenoxy) is 1. The molecule has 212 valence electrons. The van der Waals surface area contributed by atoms with Gasteiger partial charge in [0.05, 0.1) is 0 Å². The van der Waals surface area contributed by atoms with E-state index in [0.717, 1.165) is 44.6 Å². The minimum atomic E-state index is 0.382. The van der Waals surface area contributed by atoms with Crippen molar-refractivity contribution in [1.29, 1.82) is 5.41 Å². The highest BCUT2D eigenvalue weighted by Gasteiger charge is 2.33. The van der Waals surface area contributed by atoms with E-state index in [4.69, 9.17) is 9.72 Å². The van der Waals surface area contributed by atoms with Crippen molar-refractivity contribution in [3.63, 3.8) is 0 Å². The lowest BCUT2D eigenvalue weighted by atomic mass is 9.70. The van der Waals surface area contributed by atoms with Crippen molar-refractivity contribution in [3.05, 3.63) is 52.9 Å². The van der Waals surface area contributed by atoms with Gasteiger partial charge in [-0.15, -0.1) is 0 Å². The minimum Gasteiger partial charge on any atom is -0.381 e. The van der Waals surface area contributed by atoms with Gasteiger partial charge in [0.1, 0.15) is 0 Å². The first kappa shape index (κ1) is 30.8. The van der Waals surface area contributed by atoms with Gasteiger partial charge in [-0.2, -0.15) is 0 Å². The molecule has 3 heteroatoms. The van der Waals surface area contributed by atoms with E-state index < -0.39 is 0 Å². The summed E-state index contributed by atoms with van der Waals surface area (Å²) in [6, 6.07) is 4.66. The molecule has 2 aliphatic carbocycles. The molecule has 0 spiro atoms. The van der Waals surface area contributed by atoms with E-state index >= 15 is 0 Å². The average Bonchev–Trinajstić information content (AvgIpc) is 2.93. The van der Waals surface area contributed by atoms with E-state index in [2.05, 4.69) is 58.2 Å². The van der Waals surface area contributed by atoms with Crippen LogP contribution < -0.4 is 0 Å². The number of hydrogen-bond acceptors (Lipinski definition) is 3. The summed E-state index contributed by atoms with van der Waals surface area (Å²) < 4.78 is 5.59. The first-order chi connectivity index (χ1) is 18.5. The number of nitrogens with zero attached hydrogens (tertiary/aromatic N) is 1. The highest BCUT2D eigenvalue weighted by Crippen LogP contribution is 2.42. The summed E-state index contributed by atoms with van der Waals surface area (Å²) in [6.45, 7) is 10.9. The number of aryl methyl sites for hydroxylation is 1. The first-order valence-corrected chi connectivity index (χ1v) is 16.0. The van der Waals surface area contributed by atoms with Gasteiger partial charge in [0, 0.05) is 42.7 Å². The lowest BCUT2D eigenvalue weighted by Crippen LogP contribution is -2.28. The van der Waals surface area contributed by atoms with Crippen LogP contribution in [0.3, 0.4) is 0 Å². The van der Waals surface area contributed by atoms with Crippen LogP contribution in [0.2, 0.25) is 0 Å². The quantitative estimate of drug-likeness (QED) is 0.164. The van der Waals surface area contributed by atoms with Crippen LogP contribution in [0, 0.1) is 23.2 Å². The monoisotopic (exact) mass is 520 g/mol. The summed E-state index contributed by atoms with van der Waals surface area (Å²) in [5, 5.41) is 9.22. The van der Waals surface area contributed by atoms with Gasteiger partial charge >= 0.3 is 0 Å². The van der Waals surface area contributed by atoms with E-state index in [1.807, 2.05) is 0 Å². The Morgan fingerprint density at radius 2 is 1.74 bits per heavy atom. The summed E-state index contributed by atoms with van der Waals surface area (Å²) >= 11 is 0. The molecule has 0 amide bonds. The molecule has 3 rings (SSSR count). The number of rotatable bonds is 17. The molecular formula is C35H56N2O. The summed E-state index contributed by atoms with van der Waals surface area (Å²) in [5.74, 6) is 1.91.